The minimum Gasteiger partial charge on any atom is -0.399 e. The molecule has 0 aliphatic carbocycles. The number of carbonyl (C=O) groups is 1. The number of piperidine rings is 1. The second-order valence-corrected chi connectivity index (χ2v) is 6.16. The minimum atomic E-state index is -0.0697. The number of nitrogens with two attached hydrogens (primary N) is 1. The van der Waals surface area contributed by atoms with Gasteiger partial charge in [-0.25, -0.2) is 0 Å². The Morgan fingerprint density at radius 1 is 0.958 bits per heavy atom. The van der Waals surface area contributed by atoms with Crippen LogP contribution in [0.2, 0.25) is 0 Å². The molecule has 1 fully saturated rings. The van der Waals surface area contributed by atoms with Crippen molar-refractivity contribution in [2.75, 3.05) is 23.7 Å². The highest BCUT2D eigenvalue weighted by Gasteiger charge is 2.17. The van der Waals surface area contributed by atoms with Crippen LogP contribution in [0.4, 0.5) is 11.4 Å². The molecule has 0 radical (unpaired) electrons. The zero-order valence-electron chi connectivity index (χ0n) is 13.2. The van der Waals surface area contributed by atoms with Crippen LogP contribution in [0.5, 0.6) is 0 Å². The van der Waals surface area contributed by atoms with Crippen molar-refractivity contribution in [3.63, 3.8) is 0 Å². The molecule has 120 valence electrons. The first-order valence-electron chi connectivity index (χ1n) is 8.01. The number of nitrogens with zero attached hydrogens (tertiary/aromatic N) is 2. The monoisotopic (exact) mass is 319 g/mol. The lowest BCUT2D eigenvalue weighted by molar-refractivity contribution is -0.119. The Labute approximate surface area is 138 Å². The zero-order chi connectivity index (χ0) is 16.7. The van der Waals surface area contributed by atoms with E-state index in [1.165, 1.54) is 0 Å². The fraction of sp³-hybridized carbons (Fsp3) is 0.211. The van der Waals surface area contributed by atoms with Crippen LogP contribution < -0.4 is 16.1 Å². The predicted molar refractivity (Wildman–Crippen MR) is 96.4 cm³/mol. The summed E-state index contributed by atoms with van der Waals surface area (Å²) in [6.07, 6.45) is 2.87. The number of carbonyl (C=O) groups excluding carboxylic acids is 1. The van der Waals surface area contributed by atoms with E-state index in [1.807, 2.05) is 24.3 Å². The van der Waals surface area contributed by atoms with Gasteiger partial charge in [-0.15, -0.1) is 0 Å². The van der Waals surface area contributed by atoms with E-state index in [-0.39, 0.29) is 11.2 Å². The van der Waals surface area contributed by atoms with E-state index in [0.29, 0.717) is 47.9 Å². The van der Waals surface area contributed by atoms with Gasteiger partial charge in [0.2, 0.25) is 0 Å². The summed E-state index contributed by atoms with van der Waals surface area (Å²) in [5.74, 6) is 0.289. The molecule has 2 heterocycles. The maximum absolute atomic E-state index is 13.0. The summed E-state index contributed by atoms with van der Waals surface area (Å²) in [4.78, 5) is 31.0. The molecular weight excluding hydrogens is 302 g/mol. The molecule has 1 aliphatic rings. The van der Waals surface area contributed by atoms with Crippen LogP contribution in [0.3, 0.4) is 0 Å². The number of nitrogen functional groups attached to an aromatic ring is 1. The van der Waals surface area contributed by atoms with Gasteiger partial charge < -0.3 is 10.6 Å². The largest absolute Gasteiger partial charge is 0.399 e. The number of aromatic nitrogens is 1. The van der Waals surface area contributed by atoms with Gasteiger partial charge in [0.25, 0.3) is 0 Å². The van der Waals surface area contributed by atoms with Gasteiger partial charge >= 0.3 is 0 Å². The van der Waals surface area contributed by atoms with E-state index < -0.39 is 0 Å². The maximum Gasteiger partial charge on any atom is 0.195 e. The van der Waals surface area contributed by atoms with Gasteiger partial charge in [-0.1, -0.05) is 12.1 Å². The minimum absolute atomic E-state index is 0.0697. The first-order chi connectivity index (χ1) is 11.6. The van der Waals surface area contributed by atoms with Crippen molar-refractivity contribution in [2.24, 2.45) is 0 Å². The summed E-state index contributed by atoms with van der Waals surface area (Å²) in [5.41, 5.74) is 7.88. The smallest absolute Gasteiger partial charge is 0.195 e. The topological polar surface area (TPSA) is 76.3 Å². The van der Waals surface area contributed by atoms with Crippen molar-refractivity contribution < 1.29 is 4.79 Å². The highest BCUT2D eigenvalue weighted by molar-refractivity contribution is 5.94. The number of benzene rings is 1. The van der Waals surface area contributed by atoms with Gasteiger partial charge in [-0.3, -0.25) is 14.6 Å². The SMILES string of the molecule is Nc1ccc2ccc3ncc(N4CCC(=O)CC4)cc3c(=O)c2c1. The van der Waals surface area contributed by atoms with Crippen LogP contribution in [0.25, 0.3) is 21.7 Å². The fourth-order valence-electron chi connectivity index (χ4n) is 3.20. The molecule has 3 aromatic rings. The summed E-state index contributed by atoms with van der Waals surface area (Å²) in [5, 5.41) is 2.01. The van der Waals surface area contributed by atoms with Crippen molar-refractivity contribution in [1.82, 2.24) is 4.98 Å². The fourth-order valence-corrected chi connectivity index (χ4v) is 3.20. The third kappa shape index (κ3) is 2.48. The number of anilines is 2. The number of hydrogen-bond donors (Lipinski definition) is 1. The Kier molecular flexibility index (Phi) is 3.41. The molecule has 24 heavy (non-hydrogen) atoms. The zero-order valence-corrected chi connectivity index (χ0v) is 13.2. The molecule has 4 rings (SSSR count). The van der Waals surface area contributed by atoms with Crippen molar-refractivity contribution in [2.45, 2.75) is 12.8 Å². The molecule has 1 aromatic heterocycles. The van der Waals surface area contributed by atoms with Gasteiger partial charge in [0.1, 0.15) is 5.78 Å². The van der Waals surface area contributed by atoms with Crippen molar-refractivity contribution in [1.29, 1.82) is 0 Å². The predicted octanol–water partition coefficient (Wildman–Crippen LogP) is 2.50. The van der Waals surface area contributed by atoms with Crippen molar-refractivity contribution >= 4 is 38.8 Å². The molecule has 1 aliphatic heterocycles. The number of hydrogen-bond acceptors (Lipinski definition) is 5. The van der Waals surface area contributed by atoms with Gasteiger partial charge in [-0.05, 0) is 29.7 Å². The standard InChI is InChI=1S/C19H17N3O2/c20-13-3-1-12-2-4-18-17(19(24)16(12)9-13)10-14(11-21-18)22-7-5-15(23)6-8-22/h1-4,9-11H,5-8,20H2. The molecular formula is C19H17N3O2. The van der Waals surface area contributed by atoms with Crippen LogP contribution in [0, 0.1) is 0 Å². The average Bonchev–Trinajstić information content (AvgIpc) is 2.73. The van der Waals surface area contributed by atoms with Gasteiger partial charge in [-0.2, -0.15) is 0 Å². The molecule has 5 nitrogen and oxygen atoms in total. The summed E-state index contributed by atoms with van der Waals surface area (Å²) in [6.45, 7) is 1.35. The Morgan fingerprint density at radius 3 is 2.50 bits per heavy atom. The Balaban J connectivity index is 1.92. The summed E-state index contributed by atoms with van der Waals surface area (Å²) < 4.78 is 0. The second-order valence-electron chi connectivity index (χ2n) is 6.16. The molecule has 0 bridgehead atoms. The lowest BCUT2D eigenvalue weighted by Gasteiger charge is -2.27. The first kappa shape index (κ1) is 14.6. The summed E-state index contributed by atoms with van der Waals surface area (Å²) in [7, 11) is 0. The molecule has 0 spiro atoms. The number of pyridine rings is 1. The molecule has 5 heteroatoms. The molecule has 0 atom stereocenters. The van der Waals surface area contributed by atoms with E-state index >= 15 is 0 Å². The lowest BCUT2D eigenvalue weighted by Crippen LogP contribution is -2.33. The van der Waals surface area contributed by atoms with Crippen molar-refractivity contribution in [3.05, 3.63) is 52.8 Å². The highest BCUT2D eigenvalue weighted by Crippen LogP contribution is 2.22. The van der Waals surface area contributed by atoms with Crippen LogP contribution >= 0.6 is 0 Å². The molecule has 0 unspecified atom stereocenters. The first-order valence-corrected chi connectivity index (χ1v) is 8.01. The summed E-state index contributed by atoms with van der Waals surface area (Å²) in [6, 6.07) is 11.0. The van der Waals surface area contributed by atoms with E-state index in [1.54, 1.807) is 18.3 Å². The second kappa shape index (κ2) is 5.60. The quantitative estimate of drug-likeness (QED) is 0.697. The summed E-state index contributed by atoms with van der Waals surface area (Å²) >= 11 is 0. The van der Waals surface area contributed by atoms with Crippen LogP contribution in [0.1, 0.15) is 12.8 Å². The Bertz CT molecular complexity index is 1020. The lowest BCUT2D eigenvalue weighted by atomic mass is 10.1. The van der Waals surface area contributed by atoms with Crippen LogP contribution in [-0.2, 0) is 4.79 Å². The third-order valence-electron chi connectivity index (χ3n) is 4.58. The van der Waals surface area contributed by atoms with Gasteiger partial charge in [0.05, 0.1) is 22.8 Å². The number of fused-ring (bicyclic) bond motifs is 2. The Morgan fingerprint density at radius 2 is 1.71 bits per heavy atom. The van der Waals surface area contributed by atoms with Crippen molar-refractivity contribution in [3.8, 4) is 0 Å². The Hall–Kier alpha value is -2.95. The van der Waals surface area contributed by atoms with Gasteiger partial charge in [0, 0.05) is 37.0 Å². The number of Topliss-reactive ketones (excluding diaryl/α,β-unsaturated/α-hetero) is 1. The maximum atomic E-state index is 13.0. The van der Waals surface area contributed by atoms with E-state index in [9.17, 15) is 9.59 Å². The molecule has 2 N–H and O–H groups in total. The average molecular weight is 319 g/mol. The number of ketones is 1. The molecule has 1 saturated heterocycles. The van der Waals surface area contributed by atoms with E-state index in [2.05, 4.69) is 9.88 Å². The molecule has 0 saturated carbocycles. The molecule has 0 amide bonds. The third-order valence-corrected chi connectivity index (χ3v) is 4.58. The number of rotatable bonds is 1. The normalized spacial score (nSPS) is 15.2. The van der Waals surface area contributed by atoms with Gasteiger partial charge in [0.15, 0.2) is 5.43 Å². The van der Waals surface area contributed by atoms with E-state index in [0.717, 1.165) is 11.1 Å². The van der Waals surface area contributed by atoms with E-state index in [4.69, 9.17) is 5.73 Å². The van der Waals surface area contributed by atoms with Crippen LogP contribution in [0.15, 0.2) is 47.4 Å². The van der Waals surface area contributed by atoms with Crippen LogP contribution in [-0.4, -0.2) is 23.9 Å². The highest BCUT2D eigenvalue weighted by atomic mass is 16.1. The molecule has 2 aromatic carbocycles.